The summed E-state index contributed by atoms with van der Waals surface area (Å²) in [6.45, 7) is 6.90. The fourth-order valence-corrected chi connectivity index (χ4v) is 3.98. The molecule has 1 N–H and O–H groups in total. The molecule has 4 rings (SSSR count). The third-order valence-electron chi connectivity index (χ3n) is 5.07. The van der Waals surface area contributed by atoms with Gasteiger partial charge in [0.2, 0.25) is 5.17 Å². The van der Waals surface area contributed by atoms with Crippen LogP contribution in [0.2, 0.25) is 0 Å². The lowest BCUT2D eigenvalue weighted by atomic mass is 10.1. The molecule has 1 amide bonds. The van der Waals surface area contributed by atoms with E-state index in [9.17, 15) is 4.79 Å². The molecular formula is C24H24N4O3S. The minimum absolute atomic E-state index is 0.0315. The highest BCUT2D eigenvalue weighted by molar-refractivity contribution is 8.26. The Hall–Kier alpha value is -3.39. The first kappa shape index (κ1) is 21.8. The molecule has 2 heterocycles. The second-order valence-corrected chi connectivity index (χ2v) is 8.42. The second-order valence-electron chi connectivity index (χ2n) is 7.38. The summed E-state index contributed by atoms with van der Waals surface area (Å²) in [5.74, 6) is 1.07. The van der Waals surface area contributed by atoms with E-state index in [1.807, 2.05) is 49.4 Å². The highest BCUT2D eigenvalue weighted by atomic mass is 32.2. The van der Waals surface area contributed by atoms with Crippen LogP contribution in [0.15, 0.2) is 58.1 Å². The van der Waals surface area contributed by atoms with Gasteiger partial charge in [0.15, 0.2) is 5.84 Å². The molecule has 0 spiro atoms. The minimum Gasteiger partial charge on any atom is -0.490 e. The number of carbonyl (C=O) groups is 1. The van der Waals surface area contributed by atoms with Crippen molar-refractivity contribution >= 4 is 39.8 Å². The number of carbonyl (C=O) groups excluding carboxylic acids is 1. The summed E-state index contributed by atoms with van der Waals surface area (Å²) in [5.41, 5.74) is 3.36. The molecular weight excluding hydrogens is 424 g/mol. The quantitative estimate of drug-likeness (QED) is 0.486. The van der Waals surface area contributed by atoms with Gasteiger partial charge in [-0.15, -0.1) is 0 Å². The summed E-state index contributed by atoms with van der Waals surface area (Å²) < 4.78 is 11.6. The lowest BCUT2D eigenvalue weighted by molar-refractivity contribution is -0.114. The standard InChI is InChI=1S/C24H24N4O3S/c1-4-21-27-28-22(25)20(23(29)26-24(28)32-21)14-17-6-5-7-18(13-17)30-10-11-31-19-9-8-15(2)16(3)12-19/h5-9,12-14,25H,4,10-11H2,1-3H3/b20-14-,25-22?. The van der Waals surface area contributed by atoms with Crippen molar-refractivity contribution in [1.82, 2.24) is 5.01 Å². The molecule has 8 heteroatoms. The van der Waals surface area contributed by atoms with E-state index in [2.05, 4.69) is 23.9 Å². The number of amides is 1. The van der Waals surface area contributed by atoms with Gasteiger partial charge in [-0.2, -0.15) is 15.1 Å². The van der Waals surface area contributed by atoms with E-state index in [4.69, 9.17) is 14.9 Å². The van der Waals surface area contributed by atoms with E-state index in [0.717, 1.165) is 22.8 Å². The van der Waals surface area contributed by atoms with Gasteiger partial charge in [0.1, 0.15) is 29.8 Å². The first-order valence-electron chi connectivity index (χ1n) is 10.4. The number of aliphatic imine (C=N–C) groups is 1. The zero-order chi connectivity index (χ0) is 22.7. The van der Waals surface area contributed by atoms with Crippen LogP contribution in [-0.4, -0.2) is 40.2 Å². The van der Waals surface area contributed by atoms with Crippen molar-refractivity contribution in [2.45, 2.75) is 27.2 Å². The van der Waals surface area contributed by atoms with Gasteiger partial charge in [-0.05, 0) is 79.1 Å². The lowest BCUT2D eigenvalue weighted by Gasteiger charge is -2.20. The van der Waals surface area contributed by atoms with Crippen LogP contribution >= 0.6 is 11.8 Å². The van der Waals surface area contributed by atoms with Crippen LogP contribution in [0.4, 0.5) is 0 Å². The molecule has 0 bridgehead atoms. The SMILES string of the molecule is CCC1=NN2C(=N)/C(=C/c3cccc(OCCOc4ccc(C)c(C)c4)c3)C(=O)N=C2S1. The molecule has 2 aromatic rings. The molecule has 0 unspecified atom stereocenters. The number of amidine groups is 2. The van der Waals surface area contributed by atoms with Crippen LogP contribution in [0.25, 0.3) is 6.08 Å². The molecule has 2 aromatic carbocycles. The van der Waals surface area contributed by atoms with Crippen LogP contribution in [0, 0.1) is 19.3 Å². The maximum absolute atomic E-state index is 12.5. The molecule has 0 aromatic heterocycles. The summed E-state index contributed by atoms with van der Waals surface area (Å²) in [4.78, 5) is 16.6. The molecule has 0 saturated carbocycles. The number of thioether (sulfide) groups is 1. The van der Waals surface area contributed by atoms with Gasteiger partial charge in [0, 0.05) is 0 Å². The number of nitrogens with zero attached hydrogens (tertiary/aromatic N) is 3. The van der Waals surface area contributed by atoms with Crippen molar-refractivity contribution in [2.24, 2.45) is 10.1 Å². The number of fused-ring (bicyclic) bond motifs is 1. The fourth-order valence-electron chi connectivity index (χ4n) is 3.16. The Balaban J connectivity index is 1.40. The maximum Gasteiger partial charge on any atom is 0.283 e. The normalized spacial score (nSPS) is 16.7. The monoisotopic (exact) mass is 448 g/mol. The molecule has 2 aliphatic rings. The van der Waals surface area contributed by atoms with E-state index in [0.29, 0.717) is 24.1 Å². The highest BCUT2D eigenvalue weighted by Crippen LogP contribution is 2.29. The summed E-state index contributed by atoms with van der Waals surface area (Å²) in [6, 6.07) is 13.4. The maximum atomic E-state index is 12.5. The van der Waals surface area contributed by atoms with Gasteiger partial charge in [-0.3, -0.25) is 10.2 Å². The Morgan fingerprint density at radius 1 is 1.06 bits per heavy atom. The molecule has 7 nitrogen and oxygen atoms in total. The first-order valence-corrected chi connectivity index (χ1v) is 11.2. The van der Waals surface area contributed by atoms with Gasteiger partial charge in [0.05, 0.1) is 5.57 Å². The van der Waals surface area contributed by atoms with Crippen molar-refractivity contribution in [3.8, 4) is 11.5 Å². The summed E-state index contributed by atoms with van der Waals surface area (Å²) in [7, 11) is 0. The third kappa shape index (κ3) is 4.75. The van der Waals surface area contributed by atoms with Crippen molar-refractivity contribution < 1.29 is 14.3 Å². The minimum atomic E-state index is -0.436. The number of hydrazone groups is 1. The van der Waals surface area contributed by atoms with Crippen molar-refractivity contribution in [3.63, 3.8) is 0 Å². The number of nitrogens with one attached hydrogen (secondary N) is 1. The number of aryl methyl sites for hydroxylation is 2. The number of ether oxygens (including phenoxy) is 2. The Kier molecular flexibility index (Phi) is 6.41. The average molecular weight is 449 g/mol. The third-order valence-corrected chi connectivity index (χ3v) is 6.12. The smallest absolute Gasteiger partial charge is 0.283 e. The molecule has 0 radical (unpaired) electrons. The van der Waals surface area contributed by atoms with Crippen LogP contribution < -0.4 is 9.47 Å². The Morgan fingerprint density at radius 3 is 2.53 bits per heavy atom. The lowest BCUT2D eigenvalue weighted by Crippen LogP contribution is -2.35. The Bertz CT molecular complexity index is 1170. The molecule has 0 fully saturated rings. The first-order chi connectivity index (χ1) is 15.4. The molecule has 32 heavy (non-hydrogen) atoms. The Morgan fingerprint density at radius 2 is 1.81 bits per heavy atom. The number of benzene rings is 2. The van der Waals surface area contributed by atoms with Crippen molar-refractivity contribution in [1.29, 1.82) is 5.41 Å². The molecule has 0 aliphatic carbocycles. The average Bonchev–Trinajstić information content (AvgIpc) is 3.20. The van der Waals surface area contributed by atoms with E-state index in [1.165, 1.54) is 27.9 Å². The van der Waals surface area contributed by atoms with Crippen LogP contribution in [-0.2, 0) is 4.79 Å². The largest absolute Gasteiger partial charge is 0.490 e. The van der Waals surface area contributed by atoms with Crippen molar-refractivity contribution in [2.75, 3.05) is 13.2 Å². The summed E-state index contributed by atoms with van der Waals surface area (Å²) in [5, 5.41) is 15.5. The van der Waals surface area contributed by atoms with Gasteiger partial charge in [-0.25, -0.2) is 0 Å². The van der Waals surface area contributed by atoms with Crippen molar-refractivity contribution in [3.05, 3.63) is 64.7 Å². The predicted molar refractivity (Wildman–Crippen MR) is 129 cm³/mol. The van der Waals surface area contributed by atoms with Gasteiger partial charge >= 0.3 is 0 Å². The molecule has 164 valence electrons. The molecule has 0 atom stereocenters. The van der Waals surface area contributed by atoms with Gasteiger partial charge in [0.25, 0.3) is 5.91 Å². The number of hydrogen-bond donors (Lipinski definition) is 1. The highest BCUT2D eigenvalue weighted by Gasteiger charge is 2.35. The second kappa shape index (κ2) is 9.40. The van der Waals surface area contributed by atoms with E-state index < -0.39 is 5.91 Å². The summed E-state index contributed by atoms with van der Waals surface area (Å²) >= 11 is 1.33. The van der Waals surface area contributed by atoms with Crippen LogP contribution in [0.3, 0.4) is 0 Å². The molecule has 0 saturated heterocycles. The van der Waals surface area contributed by atoms with Gasteiger partial charge < -0.3 is 9.47 Å². The predicted octanol–water partition coefficient (Wildman–Crippen LogP) is 4.79. The number of hydrogen-bond acceptors (Lipinski definition) is 6. The van der Waals surface area contributed by atoms with E-state index in [-0.39, 0.29) is 11.4 Å². The topological polar surface area (TPSA) is 87.3 Å². The van der Waals surface area contributed by atoms with E-state index >= 15 is 0 Å². The van der Waals surface area contributed by atoms with Crippen LogP contribution in [0.5, 0.6) is 11.5 Å². The zero-order valence-corrected chi connectivity index (χ0v) is 19.0. The van der Waals surface area contributed by atoms with E-state index in [1.54, 1.807) is 6.08 Å². The summed E-state index contributed by atoms with van der Waals surface area (Å²) in [6.07, 6.45) is 2.38. The Labute approximate surface area is 191 Å². The molecule has 2 aliphatic heterocycles. The number of rotatable bonds is 7. The van der Waals surface area contributed by atoms with Gasteiger partial charge in [-0.1, -0.05) is 25.1 Å². The zero-order valence-electron chi connectivity index (χ0n) is 18.2. The fraction of sp³-hybridized carbons (Fsp3) is 0.250. The van der Waals surface area contributed by atoms with Crippen LogP contribution in [0.1, 0.15) is 30.0 Å².